The summed E-state index contributed by atoms with van der Waals surface area (Å²) in [7, 11) is 0. The number of hydrogen-bond acceptors (Lipinski definition) is 2. The van der Waals surface area contributed by atoms with Crippen LogP contribution in [-0.2, 0) is 6.54 Å². The van der Waals surface area contributed by atoms with Crippen LogP contribution in [0, 0.1) is 13.8 Å². The molecule has 0 spiro atoms. The number of rotatable bonds is 5. The highest BCUT2D eigenvalue weighted by atomic mass is 16.5. The van der Waals surface area contributed by atoms with Crippen LogP contribution in [0.3, 0.4) is 0 Å². The molecular weight excluding hydrogens is 234 g/mol. The van der Waals surface area contributed by atoms with Crippen LogP contribution in [0.4, 0.5) is 0 Å². The predicted molar refractivity (Wildman–Crippen MR) is 82.9 cm³/mol. The van der Waals surface area contributed by atoms with E-state index >= 15 is 0 Å². The second-order valence-corrected chi connectivity index (χ2v) is 6.50. The van der Waals surface area contributed by atoms with E-state index in [0.29, 0.717) is 0 Å². The van der Waals surface area contributed by atoms with E-state index in [1.54, 1.807) is 0 Å². The van der Waals surface area contributed by atoms with Gasteiger partial charge in [0, 0.05) is 12.1 Å². The van der Waals surface area contributed by atoms with Crippen molar-refractivity contribution in [3.05, 3.63) is 28.8 Å². The van der Waals surface area contributed by atoms with Crippen molar-refractivity contribution in [2.45, 2.75) is 73.1 Å². The number of nitrogens with one attached hydrogen (secondary N) is 1. The van der Waals surface area contributed by atoms with Gasteiger partial charge in [0.15, 0.2) is 0 Å². The quantitative estimate of drug-likeness (QED) is 0.851. The molecule has 108 valence electrons. The Morgan fingerprint density at radius 3 is 2.11 bits per heavy atom. The third kappa shape index (κ3) is 5.23. The molecule has 0 radical (unpaired) electrons. The topological polar surface area (TPSA) is 21.3 Å². The van der Waals surface area contributed by atoms with Gasteiger partial charge in [-0.2, -0.15) is 0 Å². The molecule has 0 aliphatic rings. The highest BCUT2D eigenvalue weighted by Gasteiger charge is 2.12. The van der Waals surface area contributed by atoms with E-state index < -0.39 is 0 Å². The summed E-state index contributed by atoms with van der Waals surface area (Å²) >= 11 is 0. The first-order valence-corrected chi connectivity index (χ1v) is 7.24. The number of ether oxygens (including phenoxy) is 1. The van der Waals surface area contributed by atoms with Gasteiger partial charge < -0.3 is 10.1 Å². The summed E-state index contributed by atoms with van der Waals surface area (Å²) in [5.41, 5.74) is 3.92. The van der Waals surface area contributed by atoms with Crippen LogP contribution in [0.1, 0.15) is 57.7 Å². The van der Waals surface area contributed by atoms with Crippen molar-refractivity contribution in [1.29, 1.82) is 0 Å². The Morgan fingerprint density at radius 2 is 1.68 bits per heavy atom. The minimum Gasteiger partial charge on any atom is -0.490 e. The Kier molecular flexibility index (Phi) is 5.42. The van der Waals surface area contributed by atoms with E-state index in [4.69, 9.17) is 4.74 Å². The van der Waals surface area contributed by atoms with Crippen molar-refractivity contribution in [2.75, 3.05) is 0 Å². The Balaban J connectivity index is 2.84. The van der Waals surface area contributed by atoms with Gasteiger partial charge in [0.2, 0.25) is 0 Å². The number of hydrogen-bond donors (Lipinski definition) is 1. The molecule has 0 fully saturated rings. The summed E-state index contributed by atoms with van der Waals surface area (Å²) in [6, 6.07) is 4.45. The summed E-state index contributed by atoms with van der Waals surface area (Å²) < 4.78 is 6.01. The molecule has 0 aliphatic carbocycles. The number of benzene rings is 1. The molecule has 1 atom stereocenters. The number of aryl methyl sites for hydroxylation is 2. The second kappa shape index (κ2) is 6.42. The average molecular weight is 263 g/mol. The Labute approximate surface area is 118 Å². The van der Waals surface area contributed by atoms with Crippen molar-refractivity contribution in [1.82, 2.24) is 5.32 Å². The van der Waals surface area contributed by atoms with E-state index in [0.717, 1.165) is 18.7 Å². The summed E-state index contributed by atoms with van der Waals surface area (Å²) in [4.78, 5) is 0. The molecule has 2 heteroatoms. The molecule has 19 heavy (non-hydrogen) atoms. The van der Waals surface area contributed by atoms with E-state index in [2.05, 4.69) is 65.9 Å². The van der Waals surface area contributed by atoms with E-state index in [-0.39, 0.29) is 11.6 Å². The fourth-order valence-electron chi connectivity index (χ4n) is 1.98. The first-order valence-electron chi connectivity index (χ1n) is 7.24. The van der Waals surface area contributed by atoms with Gasteiger partial charge in [-0.3, -0.25) is 0 Å². The van der Waals surface area contributed by atoms with Crippen LogP contribution in [0.2, 0.25) is 0 Å². The second-order valence-electron chi connectivity index (χ2n) is 6.50. The molecule has 1 N–H and O–H groups in total. The largest absolute Gasteiger partial charge is 0.490 e. The lowest BCUT2D eigenvalue weighted by Crippen LogP contribution is -2.35. The van der Waals surface area contributed by atoms with Gasteiger partial charge >= 0.3 is 0 Å². The van der Waals surface area contributed by atoms with Crippen LogP contribution in [0.15, 0.2) is 12.1 Å². The lowest BCUT2D eigenvalue weighted by atomic mass is 10.0. The zero-order chi connectivity index (χ0) is 14.6. The maximum absolute atomic E-state index is 6.01. The molecule has 0 saturated carbocycles. The molecule has 0 bridgehead atoms. The van der Waals surface area contributed by atoms with Crippen LogP contribution in [0.25, 0.3) is 0 Å². The van der Waals surface area contributed by atoms with Gasteiger partial charge in [0.05, 0.1) is 6.10 Å². The van der Waals surface area contributed by atoms with Crippen LogP contribution in [0.5, 0.6) is 5.75 Å². The summed E-state index contributed by atoms with van der Waals surface area (Å²) in [6.07, 6.45) is 1.31. The van der Waals surface area contributed by atoms with Gasteiger partial charge in [0.1, 0.15) is 5.75 Å². The fraction of sp³-hybridized carbons (Fsp3) is 0.647. The predicted octanol–water partition coefficient (Wildman–Crippen LogP) is 4.37. The van der Waals surface area contributed by atoms with E-state index in [9.17, 15) is 0 Å². The van der Waals surface area contributed by atoms with Crippen molar-refractivity contribution in [2.24, 2.45) is 0 Å². The zero-order valence-electron chi connectivity index (χ0n) is 13.6. The van der Waals surface area contributed by atoms with Crippen LogP contribution in [-0.4, -0.2) is 11.6 Å². The van der Waals surface area contributed by atoms with Gasteiger partial charge in [0.25, 0.3) is 0 Å². The zero-order valence-corrected chi connectivity index (χ0v) is 13.6. The van der Waals surface area contributed by atoms with Gasteiger partial charge in [-0.25, -0.2) is 0 Å². The first kappa shape index (κ1) is 16.0. The van der Waals surface area contributed by atoms with E-state index in [1.807, 2.05) is 0 Å². The van der Waals surface area contributed by atoms with Crippen molar-refractivity contribution in [3.8, 4) is 5.75 Å². The lowest BCUT2D eigenvalue weighted by molar-refractivity contribution is 0.214. The summed E-state index contributed by atoms with van der Waals surface area (Å²) in [6.45, 7) is 16.0. The minimum atomic E-state index is 0.147. The Morgan fingerprint density at radius 1 is 1.16 bits per heavy atom. The minimum absolute atomic E-state index is 0.147. The third-order valence-electron chi connectivity index (χ3n) is 3.24. The Hall–Kier alpha value is -1.02. The molecule has 0 aliphatic heterocycles. The normalized spacial score (nSPS) is 13.4. The Bertz CT molecular complexity index is 395. The van der Waals surface area contributed by atoms with Crippen molar-refractivity contribution >= 4 is 0 Å². The molecule has 2 nitrogen and oxygen atoms in total. The molecule has 1 aromatic carbocycles. The molecule has 0 heterocycles. The highest BCUT2D eigenvalue weighted by Crippen LogP contribution is 2.26. The van der Waals surface area contributed by atoms with Gasteiger partial charge in [-0.1, -0.05) is 19.1 Å². The fourth-order valence-corrected chi connectivity index (χ4v) is 1.98. The van der Waals surface area contributed by atoms with Crippen LogP contribution < -0.4 is 10.1 Å². The van der Waals surface area contributed by atoms with Gasteiger partial charge in [-0.15, -0.1) is 0 Å². The SMILES string of the molecule is CCC(C)Oc1c(C)cc(CNC(C)(C)C)cc1C. The third-order valence-corrected chi connectivity index (χ3v) is 3.24. The first-order chi connectivity index (χ1) is 8.73. The molecular formula is C17H29NO. The maximum atomic E-state index is 6.01. The highest BCUT2D eigenvalue weighted by molar-refractivity contribution is 5.43. The van der Waals surface area contributed by atoms with Crippen LogP contribution >= 0.6 is 0 Å². The molecule has 0 amide bonds. The smallest absolute Gasteiger partial charge is 0.125 e. The monoisotopic (exact) mass is 263 g/mol. The molecule has 1 rings (SSSR count). The van der Waals surface area contributed by atoms with Gasteiger partial charge in [-0.05, 0) is 64.7 Å². The molecule has 0 aromatic heterocycles. The van der Waals surface area contributed by atoms with E-state index in [1.165, 1.54) is 16.7 Å². The molecule has 0 saturated heterocycles. The lowest BCUT2D eigenvalue weighted by Gasteiger charge is -2.22. The van der Waals surface area contributed by atoms with Crippen molar-refractivity contribution in [3.63, 3.8) is 0 Å². The average Bonchev–Trinajstić information content (AvgIpc) is 2.30. The standard InChI is InChI=1S/C17H29NO/c1-8-14(4)19-16-12(2)9-15(10-13(16)3)11-18-17(5,6)7/h9-10,14,18H,8,11H2,1-7H3. The molecule has 1 aromatic rings. The summed E-state index contributed by atoms with van der Waals surface area (Å²) in [5.74, 6) is 1.05. The maximum Gasteiger partial charge on any atom is 0.125 e. The molecule has 1 unspecified atom stereocenters. The summed E-state index contributed by atoms with van der Waals surface area (Å²) in [5, 5.41) is 3.52. The van der Waals surface area contributed by atoms with Crippen molar-refractivity contribution < 1.29 is 4.74 Å².